The third-order valence-corrected chi connectivity index (χ3v) is 2.72. The van der Waals surface area contributed by atoms with Crippen molar-refractivity contribution in [2.75, 3.05) is 6.54 Å². The van der Waals surface area contributed by atoms with E-state index in [0.29, 0.717) is 0 Å². The molecule has 0 aliphatic heterocycles. The van der Waals surface area contributed by atoms with Gasteiger partial charge in [-0.05, 0) is 43.6 Å². The molecule has 0 bridgehead atoms. The molecule has 2 atom stereocenters. The average molecular weight is 155 g/mol. The van der Waals surface area contributed by atoms with E-state index in [1.807, 2.05) is 0 Å². The molecular weight excluding hydrogens is 134 g/mol. The fourth-order valence-corrected chi connectivity index (χ4v) is 1.78. The maximum atomic E-state index is 5.49. The molecule has 0 aromatic carbocycles. The Morgan fingerprint density at radius 2 is 1.91 bits per heavy atom. The number of rotatable bonds is 5. The summed E-state index contributed by atoms with van der Waals surface area (Å²) in [5.41, 5.74) is 5.49. The lowest BCUT2D eigenvalue weighted by atomic mass is 10.0. The van der Waals surface area contributed by atoms with Gasteiger partial charge < -0.3 is 5.73 Å². The molecule has 2 unspecified atom stereocenters. The van der Waals surface area contributed by atoms with E-state index in [2.05, 4.69) is 13.8 Å². The molecule has 0 aromatic rings. The summed E-state index contributed by atoms with van der Waals surface area (Å²) >= 11 is 0. The van der Waals surface area contributed by atoms with Crippen molar-refractivity contribution in [1.29, 1.82) is 0 Å². The quantitative estimate of drug-likeness (QED) is 0.648. The molecule has 1 rings (SSSR count). The van der Waals surface area contributed by atoms with Crippen LogP contribution in [0.2, 0.25) is 0 Å². The zero-order valence-corrected chi connectivity index (χ0v) is 7.84. The first-order valence-corrected chi connectivity index (χ1v) is 4.94. The zero-order valence-electron chi connectivity index (χ0n) is 7.84. The van der Waals surface area contributed by atoms with Gasteiger partial charge >= 0.3 is 0 Å². The van der Waals surface area contributed by atoms with Crippen LogP contribution < -0.4 is 5.73 Å². The van der Waals surface area contributed by atoms with Crippen LogP contribution in [-0.2, 0) is 0 Å². The molecule has 0 spiro atoms. The fourth-order valence-electron chi connectivity index (χ4n) is 1.78. The molecule has 1 aliphatic carbocycles. The third-order valence-electron chi connectivity index (χ3n) is 2.72. The van der Waals surface area contributed by atoms with Crippen LogP contribution in [0.15, 0.2) is 0 Å². The molecule has 1 saturated carbocycles. The van der Waals surface area contributed by atoms with Crippen LogP contribution in [0.25, 0.3) is 0 Å². The minimum atomic E-state index is 0.883. The number of hydrogen-bond donors (Lipinski definition) is 1. The molecule has 0 saturated heterocycles. The molecule has 0 amide bonds. The van der Waals surface area contributed by atoms with Gasteiger partial charge in [0.15, 0.2) is 0 Å². The second-order valence-corrected chi connectivity index (χ2v) is 4.30. The number of hydrogen-bond acceptors (Lipinski definition) is 1. The van der Waals surface area contributed by atoms with Gasteiger partial charge in [-0.25, -0.2) is 0 Å². The Morgan fingerprint density at radius 1 is 1.27 bits per heavy atom. The fraction of sp³-hybridized carbons (Fsp3) is 1.00. The van der Waals surface area contributed by atoms with Crippen molar-refractivity contribution in [2.24, 2.45) is 23.5 Å². The van der Waals surface area contributed by atoms with Crippen LogP contribution in [0, 0.1) is 17.8 Å². The van der Waals surface area contributed by atoms with E-state index < -0.39 is 0 Å². The highest BCUT2D eigenvalue weighted by Crippen LogP contribution is 2.44. The summed E-state index contributed by atoms with van der Waals surface area (Å²) in [6.45, 7) is 5.50. The second-order valence-electron chi connectivity index (χ2n) is 4.30. The predicted octanol–water partition coefficient (Wildman–Crippen LogP) is 2.41. The van der Waals surface area contributed by atoms with E-state index in [9.17, 15) is 0 Å². The molecule has 0 heterocycles. The molecule has 11 heavy (non-hydrogen) atoms. The Balaban J connectivity index is 1.95. The van der Waals surface area contributed by atoms with Gasteiger partial charge in [-0.1, -0.05) is 20.3 Å². The van der Waals surface area contributed by atoms with Crippen LogP contribution >= 0.6 is 0 Å². The van der Waals surface area contributed by atoms with Crippen LogP contribution in [-0.4, -0.2) is 6.54 Å². The summed E-state index contributed by atoms with van der Waals surface area (Å²) in [7, 11) is 0. The lowest BCUT2D eigenvalue weighted by Gasteiger charge is -2.02. The van der Waals surface area contributed by atoms with Crippen molar-refractivity contribution in [3.05, 3.63) is 0 Å². The first-order valence-electron chi connectivity index (χ1n) is 4.94. The Morgan fingerprint density at radius 3 is 2.45 bits per heavy atom. The van der Waals surface area contributed by atoms with Crippen LogP contribution in [0.1, 0.15) is 39.5 Å². The SMILES string of the molecule is CC(C)CCC1CC1CCN. The maximum absolute atomic E-state index is 5.49. The molecule has 1 nitrogen and oxygen atoms in total. The molecule has 1 fully saturated rings. The lowest BCUT2D eigenvalue weighted by Crippen LogP contribution is -2.00. The van der Waals surface area contributed by atoms with Crippen molar-refractivity contribution < 1.29 is 0 Å². The van der Waals surface area contributed by atoms with E-state index in [1.54, 1.807) is 0 Å². The van der Waals surface area contributed by atoms with Crippen LogP contribution in [0.4, 0.5) is 0 Å². The Bertz CT molecular complexity index is 109. The highest BCUT2D eigenvalue weighted by molar-refractivity contribution is 4.86. The molecule has 1 heteroatoms. The van der Waals surface area contributed by atoms with Crippen molar-refractivity contribution in [2.45, 2.75) is 39.5 Å². The Labute approximate surface area is 70.4 Å². The molecular formula is C10H21N. The van der Waals surface area contributed by atoms with Crippen molar-refractivity contribution in [1.82, 2.24) is 0 Å². The molecule has 0 aromatic heterocycles. The highest BCUT2D eigenvalue weighted by Gasteiger charge is 2.35. The summed E-state index contributed by atoms with van der Waals surface area (Å²) in [4.78, 5) is 0. The van der Waals surface area contributed by atoms with Crippen molar-refractivity contribution >= 4 is 0 Å². The van der Waals surface area contributed by atoms with Crippen LogP contribution in [0.5, 0.6) is 0 Å². The van der Waals surface area contributed by atoms with Crippen molar-refractivity contribution in [3.8, 4) is 0 Å². The molecule has 0 radical (unpaired) electrons. The molecule has 66 valence electrons. The molecule has 1 aliphatic rings. The van der Waals surface area contributed by atoms with Crippen LogP contribution in [0.3, 0.4) is 0 Å². The normalized spacial score (nSPS) is 29.5. The third kappa shape index (κ3) is 3.24. The van der Waals surface area contributed by atoms with E-state index in [-0.39, 0.29) is 0 Å². The van der Waals surface area contributed by atoms with Gasteiger partial charge in [0.1, 0.15) is 0 Å². The summed E-state index contributed by atoms with van der Waals surface area (Å²) in [6.07, 6.45) is 5.58. The molecule has 2 N–H and O–H groups in total. The topological polar surface area (TPSA) is 26.0 Å². The minimum absolute atomic E-state index is 0.883. The van der Waals surface area contributed by atoms with Gasteiger partial charge in [0, 0.05) is 0 Å². The summed E-state index contributed by atoms with van der Waals surface area (Å²) < 4.78 is 0. The predicted molar refractivity (Wildman–Crippen MR) is 49.3 cm³/mol. The first kappa shape index (κ1) is 9.05. The van der Waals surface area contributed by atoms with Crippen molar-refractivity contribution in [3.63, 3.8) is 0 Å². The minimum Gasteiger partial charge on any atom is -0.330 e. The average Bonchev–Trinajstić information content (AvgIpc) is 2.64. The monoisotopic (exact) mass is 155 g/mol. The number of nitrogens with two attached hydrogens (primary N) is 1. The van der Waals surface area contributed by atoms with Gasteiger partial charge in [-0.3, -0.25) is 0 Å². The Hall–Kier alpha value is -0.0400. The summed E-state index contributed by atoms with van der Waals surface area (Å²) in [6, 6.07) is 0. The maximum Gasteiger partial charge on any atom is -0.00745 e. The Kier molecular flexibility index (Phi) is 3.38. The van der Waals surface area contributed by atoms with Gasteiger partial charge in [0.2, 0.25) is 0 Å². The van der Waals surface area contributed by atoms with Gasteiger partial charge in [0.25, 0.3) is 0 Å². The first-order chi connectivity index (χ1) is 5.24. The summed E-state index contributed by atoms with van der Waals surface area (Å²) in [5, 5.41) is 0. The smallest absolute Gasteiger partial charge is 0.00745 e. The summed E-state index contributed by atoms with van der Waals surface area (Å²) in [5.74, 6) is 2.92. The van der Waals surface area contributed by atoms with E-state index in [4.69, 9.17) is 5.73 Å². The zero-order chi connectivity index (χ0) is 8.27. The lowest BCUT2D eigenvalue weighted by molar-refractivity contribution is 0.503. The van der Waals surface area contributed by atoms with Gasteiger partial charge in [-0.15, -0.1) is 0 Å². The van der Waals surface area contributed by atoms with Gasteiger partial charge in [0.05, 0.1) is 0 Å². The standard InChI is InChI=1S/C10H21N/c1-8(2)3-4-9-7-10(9)5-6-11/h8-10H,3-7,11H2,1-2H3. The largest absolute Gasteiger partial charge is 0.330 e. The van der Waals surface area contributed by atoms with Gasteiger partial charge in [-0.2, -0.15) is 0 Å². The second kappa shape index (κ2) is 4.10. The highest BCUT2D eigenvalue weighted by atomic mass is 14.5. The van der Waals surface area contributed by atoms with E-state index in [1.165, 1.54) is 25.7 Å². The van der Waals surface area contributed by atoms with E-state index in [0.717, 1.165) is 24.3 Å². The van der Waals surface area contributed by atoms with E-state index >= 15 is 0 Å².